The predicted molar refractivity (Wildman–Crippen MR) is 85.5 cm³/mol. The third-order valence-electron chi connectivity index (χ3n) is 4.59. The highest BCUT2D eigenvalue weighted by molar-refractivity contribution is 5.56. The molecule has 2 saturated heterocycles. The van der Waals surface area contributed by atoms with Crippen LogP contribution in [0, 0.1) is 10.1 Å². The highest BCUT2D eigenvalue weighted by atomic mass is 16.7. The number of hydrogen-bond acceptors (Lipinski definition) is 8. The number of nitro benzene ring substituents is 1. The molecule has 9 nitrogen and oxygen atoms in total. The fourth-order valence-electron chi connectivity index (χ4n) is 3.20. The van der Waals surface area contributed by atoms with E-state index in [0.29, 0.717) is 37.0 Å². The Morgan fingerprint density at radius 2 is 1.84 bits per heavy atom. The highest BCUT2D eigenvalue weighted by Crippen LogP contribution is 2.31. The minimum absolute atomic E-state index is 0.0334. The van der Waals surface area contributed by atoms with Gasteiger partial charge in [0.2, 0.25) is 11.7 Å². The molecule has 9 heteroatoms. The zero-order valence-electron chi connectivity index (χ0n) is 13.6. The topological polar surface area (TPSA) is 104 Å². The van der Waals surface area contributed by atoms with Gasteiger partial charge in [0.25, 0.3) is 5.69 Å². The Morgan fingerprint density at radius 1 is 1.16 bits per heavy atom. The largest absolute Gasteiger partial charge is 0.347 e. The number of non-ortho nitro benzene ring substituents is 1. The lowest BCUT2D eigenvalue weighted by molar-refractivity contribution is -0.384. The van der Waals surface area contributed by atoms with E-state index < -0.39 is 10.7 Å². The van der Waals surface area contributed by atoms with Crippen molar-refractivity contribution in [1.29, 1.82) is 0 Å². The Labute approximate surface area is 143 Å². The van der Waals surface area contributed by atoms with E-state index in [2.05, 4.69) is 15.0 Å². The van der Waals surface area contributed by atoms with Crippen molar-refractivity contribution in [2.24, 2.45) is 0 Å². The molecule has 0 aliphatic carbocycles. The Kier molecular flexibility index (Phi) is 4.20. The second-order valence-electron chi connectivity index (χ2n) is 6.20. The van der Waals surface area contributed by atoms with E-state index >= 15 is 0 Å². The Bertz CT molecular complexity index is 744. The van der Waals surface area contributed by atoms with Crippen molar-refractivity contribution in [2.75, 3.05) is 26.3 Å². The summed E-state index contributed by atoms with van der Waals surface area (Å²) in [4.78, 5) is 16.9. The minimum atomic E-state index is -0.438. The standard InChI is InChI=1S/C16H18N4O5/c21-20(22)13-3-1-12(2-4-13)15-17-14(25-18-15)11-19-7-5-16(6-8-19)23-9-10-24-16/h1-4H,5-11H2. The molecule has 132 valence electrons. The van der Waals surface area contributed by atoms with Crippen molar-refractivity contribution < 1.29 is 18.9 Å². The molecular weight excluding hydrogens is 328 g/mol. The van der Waals surface area contributed by atoms with Gasteiger partial charge in [-0.2, -0.15) is 4.98 Å². The molecule has 2 aliphatic heterocycles. The van der Waals surface area contributed by atoms with E-state index in [4.69, 9.17) is 14.0 Å². The number of rotatable bonds is 4. The monoisotopic (exact) mass is 346 g/mol. The minimum Gasteiger partial charge on any atom is -0.347 e. The van der Waals surface area contributed by atoms with Gasteiger partial charge in [-0.3, -0.25) is 15.0 Å². The Morgan fingerprint density at radius 3 is 2.48 bits per heavy atom. The maximum absolute atomic E-state index is 10.7. The first-order chi connectivity index (χ1) is 12.1. The number of aromatic nitrogens is 2. The molecule has 1 aromatic heterocycles. The van der Waals surface area contributed by atoms with Crippen LogP contribution in [0.2, 0.25) is 0 Å². The van der Waals surface area contributed by atoms with Gasteiger partial charge in [-0.1, -0.05) is 5.16 Å². The maximum Gasteiger partial charge on any atom is 0.269 e. The molecule has 0 unspecified atom stereocenters. The lowest BCUT2D eigenvalue weighted by Crippen LogP contribution is -2.44. The number of ether oxygens (including phenoxy) is 2. The van der Waals surface area contributed by atoms with Crippen LogP contribution in [0.25, 0.3) is 11.4 Å². The van der Waals surface area contributed by atoms with Crippen LogP contribution >= 0.6 is 0 Å². The number of benzene rings is 1. The smallest absolute Gasteiger partial charge is 0.269 e. The molecule has 1 aromatic carbocycles. The fourth-order valence-corrected chi connectivity index (χ4v) is 3.20. The van der Waals surface area contributed by atoms with Crippen molar-refractivity contribution in [3.05, 3.63) is 40.3 Å². The van der Waals surface area contributed by atoms with Gasteiger partial charge in [0.1, 0.15) is 0 Å². The summed E-state index contributed by atoms with van der Waals surface area (Å²) in [6.45, 7) is 3.59. The molecule has 25 heavy (non-hydrogen) atoms. The summed E-state index contributed by atoms with van der Waals surface area (Å²) in [5.41, 5.74) is 0.719. The van der Waals surface area contributed by atoms with Crippen LogP contribution in [0.4, 0.5) is 5.69 Å². The summed E-state index contributed by atoms with van der Waals surface area (Å²) in [5.74, 6) is 0.563. The molecule has 2 aromatic rings. The number of piperidine rings is 1. The lowest BCUT2D eigenvalue weighted by atomic mass is 10.0. The first-order valence-corrected chi connectivity index (χ1v) is 8.21. The Hall–Kier alpha value is -2.36. The molecule has 3 heterocycles. The highest BCUT2D eigenvalue weighted by Gasteiger charge is 2.39. The van der Waals surface area contributed by atoms with E-state index in [-0.39, 0.29) is 5.69 Å². The van der Waals surface area contributed by atoms with E-state index in [1.54, 1.807) is 12.1 Å². The summed E-state index contributed by atoms with van der Waals surface area (Å²) >= 11 is 0. The second-order valence-corrected chi connectivity index (χ2v) is 6.20. The third-order valence-corrected chi connectivity index (χ3v) is 4.59. The molecule has 1 spiro atoms. The van der Waals surface area contributed by atoms with Crippen molar-refractivity contribution in [2.45, 2.75) is 25.2 Å². The number of nitrogens with zero attached hydrogens (tertiary/aromatic N) is 4. The SMILES string of the molecule is O=[N+]([O-])c1ccc(-c2noc(CN3CCC4(CC3)OCCO4)n2)cc1. The van der Waals surface area contributed by atoms with E-state index in [9.17, 15) is 10.1 Å². The van der Waals surface area contributed by atoms with Crippen molar-refractivity contribution in [3.8, 4) is 11.4 Å². The summed E-state index contributed by atoms with van der Waals surface area (Å²) in [6.07, 6.45) is 1.66. The van der Waals surface area contributed by atoms with Crippen molar-refractivity contribution in [1.82, 2.24) is 15.0 Å². The van der Waals surface area contributed by atoms with Crippen molar-refractivity contribution in [3.63, 3.8) is 0 Å². The normalized spacial score (nSPS) is 20.2. The first-order valence-electron chi connectivity index (χ1n) is 8.21. The van der Waals surface area contributed by atoms with E-state index in [1.807, 2.05) is 0 Å². The van der Waals surface area contributed by atoms with Gasteiger partial charge in [-0.05, 0) is 12.1 Å². The lowest BCUT2D eigenvalue weighted by Gasteiger charge is -2.36. The zero-order chi connectivity index (χ0) is 17.3. The van der Waals surface area contributed by atoms with Gasteiger partial charge >= 0.3 is 0 Å². The van der Waals surface area contributed by atoms with Crippen LogP contribution in [0.3, 0.4) is 0 Å². The van der Waals surface area contributed by atoms with Crippen LogP contribution in [0.15, 0.2) is 28.8 Å². The average molecular weight is 346 g/mol. The van der Waals surface area contributed by atoms with Gasteiger partial charge in [0, 0.05) is 43.6 Å². The Balaban J connectivity index is 1.37. The number of likely N-dealkylation sites (tertiary alicyclic amines) is 1. The molecule has 0 saturated carbocycles. The molecule has 0 radical (unpaired) electrons. The van der Waals surface area contributed by atoms with E-state index in [0.717, 1.165) is 25.9 Å². The number of hydrogen-bond donors (Lipinski definition) is 0. The third kappa shape index (κ3) is 3.39. The maximum atomic E-state index is 10.7. The van der Waals surface area contributed by atoms with Gasteiger partial charge in [0.15, 0.2) is 5.79 Å². The molecule has 4 rings (SSSR count). The van der Waals surface area contributed by atoms with Gasteiger partial charge in [-0.15, -0.1) is 0 Å². The average Bonchev–Trinajstić information content (AvgIpc) is 3.27. The quantitative estimate of drug-likeness (QED) is 0.611. The first kappa shape index (κ1) is 16.1. The van der Waals surface area contributed by atoms with Gasteiger partial charge in [0.05, 0.1) is 24.7 Å². The van der Waals surface area contributed by atoms with Crippen LogP contribution in [-0.4, -0.2) is 52.1 Å². The van der Waals surface area contributed by atoms with Crippen LogP contribution in [0.5, 0.6) is 0 Å². The molecule has 0 atom stereocenters. The molecule has 2 aliphatic rings. The second kappa shape index (κ2) is 6.51. The van der Waals surface area contributed by atoms with Gasteiger partial charge < -0.3 is 14.0 Å². The molecular formula is C16H18N4O5. The summed E-state index contributed by atoms with van der Waals surface area (Å²) < 4.78 is 16.8. The van der Waals surface area contributed by atoms with E-state index in [1.165, 1.54) is 12.1 Å². The molecule has 2 fully saturated rings. The fraction of sp³-hybridized carbons (Fsp3) is 0.500. The predicted octanol–water partition coefficient (Wildman–Crippen LogP) is 1.98. The number of nitro groups is 1. The van der Waals surface area contributed by atoms with Crippen LogP contribution < -0.4 is 0 Å². The molecule has 0 bridgehead atoms. The molecule has 0 amide bonds. The van der Waals surface area contributed by atoms with Crippen LogP contribution in [0.1, 0.15) is 18.7 Å². The van der Waals surface area contributed by atoms with Gasteiger partial charge in [-0.25, -0.2) is 0 Å². The molecule has 0 N–H and O–H groups in total. The summed E-state index contributed by atoms with van der Waals surface area (Å²) in [7, 11) is 0. The summed E-state index contributed by atoms with van der Waals surface area (Å²) in [5, 5.41) is 14.7. The van der Waals surface area contributed by atoms with Crippen molar-refractivity contribution >= 4 is 5.69 Å². The van der Waals surface area contributed by atoms with Crippen LogP contribution in [-0.2, 0) is 16.0 Å². The summed E-state index contributed by atoms with van der Waals surface area (Å²) in [6, 6.07) is 6.09. The zero-order valence-corrected chi connectivity index (χ0v) is 13.6.